The summed E-state index contributed by atoms with van der Waals surface area (Å²) in [7, 11) is 1.55. The van der Waals surface area contributed by atoms with Crippen LogP contribution in [0.15, 0.2) is 48.0 Å². The number of methoxy groups -OCH3 is 1. The molecular weight excluding hydrogens is 342 g/mol. The Morgan fingerprint density at radius 2 is 1.96 bits per heavy atom. The van der Waals surface area contributed by atoms with Crippen LogP contribution in [0.25, 0.3) is 6.08 Å². The topological polar surface area (TPSA) is 64.6 Å². The zero-order valence-corrected chi connectivity index (χ0v) is 15.6. The Hall–Kier alpha value is -3.08. The van der Waals surface area contributed by atoms with E-state index in [9.17, 15) is 9.59 Å². The summed E-state index contributed by atoms with van der Waals surface area (Å²) in [4.78, 5) is 24.3. The lowest BCUT2D eigenvalue weighted by atomic mass is 9.86. The molecule has 1 N–H and O–H groups in total. The number of ketones is 1. The van der Waals surface area contributed by atoms with E-state index in [-0.39, 0.29) is 18.3 Å². The van der Waals surface area contributed by atoms with Crippen molar-refractivity contribution in [2.75, 3.05) is 20.3 Å². The van der Waals surface area contributed by atoms with Gasteiger partial charge in [-0.3, -0.25) is 9.59 Å². The van der Waals surface area contributed by atoms with E-state index in [4.69, 9.17) is 9.47 Å². The third-order valence-corrected chi connectivity index (χ3v) is 4.48. The molecule has 3 rings (SSSR count). The van der Waals surface area contributed by atoms with Crippen molar-refractivity contribution in [1.82, 2.24) is 5.32 Å². The minimum absolute atomic E-state index is 0.0695. The fourth-order valence-corrected chi connectivity index (χ4v) is 3.14. The number of rotatable bonds is 6. The second-order valence-corrected chi connectivity index (χ2v) is 6.31. The molecule has 27 heavy (non-hydrogen) atoms. The molecule has 2 aromatic rings. The molecule has 140 valence electrons. The van der Waals surface area contributed by atoms with Gasteiger partial charge in [0.05, 0.1) is 7.11 Å². The molecule has 0 saturated carbocycles. The van der Waals surface area contributed by atoms with Gasteiger partial charge in [0, 0.05) is 17.7 Å². The summed E-state index contributed by atoms with van der Waals surface area (Å²) in [6.07, 6.45) is 3.47. The maximum absolute atomic E-state index is 12.7. The van der Waals surface area contributed by atoms with E-state index in [1.54, 1.807) is 13.2 Å². The van der Waals surface area contributed by atoms with Crippen LogP contribution >= 0.6 is 0 Å². The number of allylic oxidation sites excluding steroid dienone is 1. The molecule has 0 aliphatic heterocycles. The zero-order chi connectivity index (χ0) is 19.2. The molecule has 0 unspecified atom stereocenters. The third-order valence-electron chi connectivity index (χ3n) is 4.48. The second-order valence-electron chi connectivity index (χ2n) is 6.31. The zero-order valence-electron chi connectivity index (χ0n) is 15.6. The second kappa shape index (κ2) is 8.54. The summed E-state index contributed by atoms with van der Waals surface area (Å²) in [6, 6.07) is 13.2. The smallest absolute Gasteiger partial charge is 0.257 e. The van der Waals surface area contributed by atoms with Gasteiger partial charge in [-0.15, -0.1) is 0 Å². The number of carbonyl (C=O) groups is 2. The molecule has 2 aromatic carbocycles. The number of amides is 1. The van der Waals surface area contributed by atoms with Crippen molar-refractivity contribution in [2.24, 2.45) is 0 Å². The number of hydrogen-bond donors (Lipinski definition) is 1. The minimum atomic E-state index is -0.183. The van der Waals surface area contributed by atoms with Crippen molar-refractivity contribution in [3.05, 3.63) is 64.7 Å². The highest BCUT2D eigenvalue weighted by Gasteiger charge is 2.21. The molecule has 1 aliphatic rings. The van der Waals surface area contributed by atoms with Gasteiger partial charge in [-0.2, -0.15) is 0 Å². The largest absolute Gasteiger partial charge is 0.493 e. The van der Waals surface area contributed by atoms with Crippen molar-refractivity contribution < 1.29 is 19.1 Å². The lowest BCUT2D eigenvalue weighted by Crippen LogP contribution is -2.28. The average Bonchev–Trinajstić information content (AvgIpc) is 2.69. The average molecular weight is 365 g/mol. The molecular formula is C22H23NO4. The quantitative estimate of drug-likeness (QED) is 0.797. The standard InChI is InChI=1S/C22H23NO4/c1-3-23-21(24)14-27-19-11-8-15(13-20(19)26-2)12-17-10-9-16-6-4-5-7-18(16)22(17)25/h4-8,11-13H,3,9-10,14H2,1-2H3,(H,23,24)/b17-12+. The molecule has 5 heteroatoms. The van der Waals surface area contributed by atoms with Crippen LogP contribution < -0.4 is 14.8 Å². The van der Waals surface area contributed by atoms with Crippen LogP contribution in [0, 0.1) is 0 Å². The maximum atomic E-state index is 12.7. The predicted molar refractivity (Wildman–Crippen MR) is 104 cm³/mol. The van der Waals surface area contributed by atoms with Crippen molar-refractivity contribution in [3.63, 3.8) is 0 Å². The Balaban J connectivity index is 1.79. The molecule has 0 heterocycles. The number of nitrogens with one attached hydrogen (secondary N) is 1. The van der Waals surface area contributed by atoms with E-state index >= 15 is 0 Å². The highest BCUT2D eigenvalue weighted by molar-refractivity contribution is 6.13. The summed E-state index contributed by atoms with van der Waals surface area (Å²) in [5, 5.41) is 2.68. The van der Waals surface area contributed by atoms with Crippen LogP contribution in [0.3, 0.4) is 0 Å². The Bertz CT molecular complexity index is 886. The van der Waals surface area contributed by atoms with Gasteiger partial charge < -0.3 is 14.8 Å². The third kappa shape index (κ3) is 4.37. The summed E-state index contributed by atoms with van der Waals surface area (Å²) < 4.78 is 10.9. The summed E-state index contributed by atoms with van der Waals surface area (Å²) in [5.41, 5.74) is 3.53. The summed E-state index contributed by atoms with van der Waals surface area (Å²) in [6.45, 7) is 2.34. The van der Waals surface area contributed by atoms with E-state index in [0.29, 0.717) is 24.5 Å². The summed E-state index contributed by atoms with van der Waals surface area (Å²) in [5.74, 6) is 0.910. The lowest BCUT2D eigenvalue weighted by Gasteiger charge is -2.17. The Morgan fingerprint density at radius 3 is 2.74 bits per heavy atom. The van der Waals surface area contributed by atoms with E-state index in [0.717, 1.165) is 28.7 Å². The van der Waals surface area contributed by atoms with Crippen molar-refractivity contribution in [3.8, 4) is 11.5 Å². The molecule has 0 radical (unpaired) electrons. The van der Waals surface area contributed by atoms with E-state index in [2.05, 4.69) is 5.32 Å². The Morgan fingerprint density at radius 1 is 1.15 bits per heavy atom. The maximum Gasteiger partial charge on any atom is 0.257 e. The molecule has 0 spiro atoms. The number of benzene rings is 2. The number of likely N-dealkylation sites (N-methyl/N-ethyl adjacent to an activating group) is 1. The van der Waals surface area contributed by atoms with Crippen LogP contribution in [0.2, 0.25) is 0 Å². The fraction of sp³-hybridized carbons (Fsp3) is 0.273. The van der Waals surface area contributed by atoms with Gasteiger partial charge in [0.2, 0.25) is 0 Å². The first-order valence-corrected chi connectivity index (χ1v) is 9.03. The van der Waals surface area contributed by atoms with Crippen molar-refractivity contribution >= 4 is 17.8 Å². The highest BCUT2D eigenvalue weighted by Crippen LogP contribution is 2.31. The number of ether oxygens (including phenoxy) is 2. The Kier molecular flexibility index (Phi) is 5.91. The van der Waals surface area contributed by atoms with Crippen LogP contribution in [0.4, 0.5) is 0 Å². The van der Waals surface area contributed by atoms with Gasteiger partial charge in [0.1, 0.15) is 0 Å². The normalized spacial score (nSPS) is 14.6. The van der Waals surface area contributed by atoms with Crippen LogP contribution in [-0.2, 0) is 11.2 Å². The number of aryl methyl sites for hydroxylation is 1. The number of hydrogen-bond acceptors (Lipinski definition) is 4. The van der Waals surface area contributed by atoms with Crippen LogP contribution in [0.5, 0.6) is 11.5 Å². The number of Topliss-reactive ketones (excluding diaryl/α,β-unsaturated/α-hetero) is 1. The lowest BCUT2D eigenvalue weighted by molar-refractivity contribution is -0.123. The molecule has 5 nitrogen and oxygen atoms in total. The summed E-state index contributed by atoms with van der Waals surface area (Å²) >= 11 is 0. The molecule has 1 aliphatic carbocycles. The van der Waals surface area contributed by atoms with E-state index < -0.39 is 0 Å². The molecule has 0 saturated heterocycles. The molecule has 1 amide bonds. The molecule has 0 aromatic heterocycles. The van der Waals surface area contributed by atoms with Gasteiger partial charge in [-0.05, 0) is 49.1 Å². The van der Waals surface area contributed by atoms with E-state index in [1.165, 1.54) is 0 Å². The monoisotopic (exact) mass is 365 g/mol. The minimum Gasteiger partial charge on any atom is -0.493 e. The first kappa shape index (κ1) is 18.7. The number of carbonyl (C=O) groups excluding carboxylic acids is 2. The highest BCUT2D eigenvalue weighted by atomic mass is 16.5. The van der Waals surface area contributed by atoms with Crippen LogP contribution in [-0.4, -0.2) is 32.0 Å². The van der Waals surface area contributed by atoms with Crippen molar-refractivity contribution in [1.29, 1.82) is 0 Å². The predicted octanol–water partition coefficient (Wildman–Crippen LogP) is 3.42. The van der Waals surface area contributed by atoms with Gasteiger partial charge >= 0.3 is 0 Å². The van der Waals surface area contributed by atoms with Gasteiger partial charge in [0.25, 0.3) is 5.91 Å². The SMILES string of the molecule is CCNC(=O)COc1ccc(/C=C2\CCc3ccccc3C2=O)cc1OC. The van der Waals surface area contributed by atoms with Gasteiger partial charge in [-0.1, -0.05) is 30.3 Å². The molecule has 0 atom stereocenters. The van der Waals surface area contributed by atoms with Gasteiger partial charge in [-0.25, -0.2) is 0 Å². The van der Waals surface area contributed by atoms with Gasteiger partial charge in [0.15, 0.2) is 23.9 Å². The molecule has 0 fully saturated rings. The van der Waals surface area contributed by atoms with E-state index in [1.807, 2.05) is 49.4 Å². The number of fused-ring (bicyclic) bond motifs is 1. The van der Waals surface area contributed by atoms with Crippen LogP contribution in [0.1, 0.15) is 34.8 Å². The van der Waals surface area contributed by atoms with Crippen molar-refractivity contribution in [2.45, 2.75) is 19.8 Å². The molecule has 0 bridgehead atoms. The fourth-order valence-electron chi connectivity index (χ4n) is 3.14. The Labute approximate surface area is 159 Å². The first-order valence-electron chi connectivity index (χ1n) is 9.03. The first-order chi connectivity index (χ1) is 13.1.